The van der Waals surface area contributed by atoms with Crippen LogP contribution in [0.2, 0.25) is 0 Å². The average Bonchev–Trinajstić information content (AvgIpc) is 2.87. The van der Waals surface area contributed by atoms with E-state index in [1.807, 2.05) is 23.1 Å². The maximum Gasteiger partial charge on any atom is 0.0389 e. The van der Waals surface area contributed by atoms with Gasteiger partial charge in [0.15, 0.2) is 0 Å². The van der Waals surface area contributed by atoms with Gasteiger partial charge in [-0.1, -0.05) is 32.0 Å². The summed E-state index contributed by atoms with van der Waals surface area (Å²) in [5.74, 6) is 0. The molecule has 1 aromatic heterocycles. The first-order valence-electron chi connectivity index (χ1n) is 7.83. The van der Waals surface area contributed by atoms with Crippen molar-refractivity contribution in [3.63, 3.8) is 0 Å². The number of nitrogens with one attached hydrogen (secondary N) is 1. The van der Waals surface area contributed by atoms with Gasteiger partial charge in [-0.05, 0) is 50.0 Å². The van der Waals surface area contributed by atoms with E-state index in [1.165, 1.54) is 33.4 Å². The van der Waals surface area contributed by atoms with E-state index in [0.717, 1.165) is 6.54 Å². The summed E-state index contributed by atoms with van der Waals surface area (Å²) in [5.41, 5.74) is 1.44. The maximum atomic E-state index is 3.78. The Morgan fingerprint density at radius 3 is 2.48 bits per heavy atom. The van der Waals surface area contributed by atoms with Gasteiger partial charge in [-0.15, -0.1) is 11.3 Å². The fourth-order valence-electron chi connectivity index (χ4n) is 2.90. The van der Waals surface area contributed by atoms with Crippen molar-refractivity contribution in [3.8, 4) is 0 Å². The average molecular weight is 322 g/mol. The molecule has 1 heterocycles. The third-order valence-corrected chi connectivity index (χ3v) is 7.77. The minimum atomic E-state index is 0.374. The summed E-state index contributed by atoms with van der Waals surface area (Å²) in [6.45, 7) is 10.2. The topological polar surface area (TPSA) is 12.0 Å². The zero-order valence-corrected chi connectivity index (χ0v) is 15.5. The molecule has 0 bridgehead atoms. The van der Waals surface area contributed by atoms with Crippen molar-refractivity contribution in [2.24, 2.45) is 0 Å². The molecule has 1 atom stereocenters. The van der Waals surface area contributed by atoms with E-state index >= 15 is 0 Å². The fourth-order valence-corrected chi connectivity index (χ4v) is 4.94. The molecule has 2 aromatic rings. The quantitative estimate of drug-likeness (QED) is 0.693. The zero-order chi connectivity index (χ0) is 15.5. The molecule has 0 fully saturated rings. The van der Waals surface area contributed by atoms with Crippen LogP contribution in [-0.4, -0.2) is 17.5 Å². The summed E-state index contributed by atoms with van der Waals surface area (Å²) in [7, 11) is 0. The van der Waals surface area contributed by atoms with Crippen LogP contribution in [0.5, 0.6) is 0 Å². The molecular weight excluding hydrogens is 294 g/mol. The van der Waals surface area contributed by atoms with Crippen molar-refractivity contribution >= 4 is 33.2 Å². The van der Waals surface area contributed by atoms with Gasteiger partial charge in [0.1, 0.15) is 0 Å². The highest BCUT2D eigenvalue weighted by Gasteiger charge is 2.26. The smallest absolute Gasteiger partial charge is 0.0389 e. The third kappa shape index (κ3) is 3.46. The van der Waals surface area contributed by atoms with Gasteiger partial charge in [0.2, 0.25) is 0 Å². The molecule has 1 nitrogen and oxygen atoms in total. The van der Waals surface area contributed by atoms with E-state index < -0.39 is 0 Å². The minimum Gasteiger partial charge on any atom is -0.308 e. The summed E-state index contributed by atoms with van der Waals surface area (Å²) < 4.78 is 1.78. The van der Waals surface area contributed by atoms with Crippen LogP contribution in [-0.2, 0) is 0 Å². The van der Waals surface area contributed by atoms with Crippen LogP contribution < -0.4 is 5.32 Å². The van der Waals surface area contributed by atoms with Gasteiger partial charge in [-0.25, -0.2) is 0 Å². The van der Waals surface area contributed by atoms with E-state index in [2.05, 4.69) is 63.5 Å². The van der Waals surface area contributed by atoms with Crippen LogP contribution in [0.25, 0.3) is 10.1 Å². The number of rotatable bonds is 7. The van der Waals surface area contributed by atoms with Gasteiger partial charge in [-0.2, -0.15) is 11.8 Å². The Labute approximate surface area is 137 Å². The van der Waals surface area contributed by atoms with Crippen LogP contribution in [0.15, 0.2) is 24.3 Å². The summed E-state index contributed by atoms with van der Waals surface area (Å²) in [4.78, 5) is 1.48. The monoisotopic (exact) mass is 321 g/mol. The normalized spacial score (nSPS) is 13.8. The van der Waals surface area contributed by atoms with Crippen molar-refractivity contribution in [1.29, 1.82) is 0 Å². The van der Waals surface area contributed by atoms with Crippen LogP contribution >= 0.6 is 23.1 Å². The highest BCUT2D eigenvalue weighted by atomic mass is 32.2. The molecule has 0 spiro atoms. The maximum absolute atomic E-state index is 3.78. The van der Waals surface area contributed by atoms with E-state index in [0.29, 0.717) is 10.8 Å². The first-order valence-corrected chi connectivity index (χ1v) is 9.87. The summed E-state index contributed by atoms with van der Waals surface area (Å²) in [5, 5.41) is 5.19. The lowest BCUT2D eigenvalue weighted by molar-refractivity contribution is 0.462. The Kier molecular flexibility index (Phi) is 5.75. The molecule has 0 aliphatic rings. The molecule has 0 radical (unpaired) electrons. The van der Waals surface area contributed by atoms with Gasteiger partial charge in [0.05, 0.1) is 0 Å². The van der Waals surface area contributed by atoms with Crippen molar-refractivity contribution in [1.82, 2.24) is 5.32 Å². The Morgan fingerprint density at radius 2 is 1.90 bits per heavy atom. The Hall–Kier alpha value is -0.510. The highest BCUT2D eigenvalue weighted by Crippen LogP contribution is 2.35. The molecule has 0 aliphatic carbocycles. The van der Waals surface area contributed by atoms with Crippen molar-refractivity contribution in [3.05, 3.63) is 34.7 Å². The number of hydrogen-bond acceptors (Lipinski definition) is 3. The van der Waals surface area contributed by atoms with Crippen molar-refractivity contribution < 1.29 is 0 Å². The van der Waals surface area contributed by atoms with Gasteiger partial charge in [0.25, 0.3) is 0 Å². The molecule has 0 amide bonds. The lowest BCUT2D eigenvalue weighted by atomic mass is 10.0. The lowest BCUT2D eigenvalue weighted by Gasteiger charge is -2.31. The van der Waals surface area contributed by atoms with Gasteiger partial charge >= 0.3 is 0 Å². The van der Waals surface area contributed by atoms with E-state index in [-0.39, 0.29) is 0 Å². The second kappa shape index (κ2) is 7.17. The summed E-state index contributed by atoms with van der Waals surface area (Å²) in [6, 6.07) is 9.16. The molecule has 0 aliphatic heterocycles. The molecule has 116 valence electrons. The predicted molar refractivity (Wildman–Crippen MR) is 99.8 cm³/mol. The van der Waals surface area contributed by atoms with Crippen LogP contribution in [0.4, 0.5) is 0 Å². The fraction of sp³-hybridized carbons (Fsp3) is 0.556. The van der Waals surface area contributed by atoms with E-state index in [4.69, 9.17) is 0 Å². The standard InChI is InChI=1S/C18H27NS2/c1-6-18(7-2,20-5)12-19-14(4)17-13(3)15-10-8-9-11-16(15)21-17/h8-11,14,19H,6-7,12H2,1-5H3. The third-order valence-electron chi connectivity index (χ3n) is 4.73. The number of thioether (sulfide) groups is 1. The molecule has 1 unspecified atom stereocenters. The first kappa shape index (κ1) is 16.9. The van der Waals surface area contributed by atoms with E-state index in [9.17, 15) is 0 Å². The Balaban J connectivity index is 2.15. The number of thiophene rings is 1. The molecule has 0 saturated heterocycles. The first-order chi connectivity index (χ1) is 10.1. The zero-order valence-electron chi connectivity index (χ0n) is 13.8. The Bertz CT molecular complexity index is 576. The van der Waals surface area contributed by atoms with Crippen LogP contribution in [0.1, 0.15) is 50.1 Å². The minimum absolute atomic E-state index is 0.374. The molecule has 1 N–H and O–H groups in total. The number of benzene rings is 1. The molecule has 2 rings (SSSR count). The van der Waals surface area contributed by atoms with Crippen LogP contribution in [0.3, 0.4) is 0 Å². The molecule has 3 heteroatoms. The lowest BCUT2D eigenvalue weighted by Crippen LogP contribution is -2.37. The highest BCUT2D eigenvalue weighted by molar-refractivity contribution is 8.00. The molecule has 1 aromatic carbocycles. The van der Waals surface area contributed by atoms with E-state index in [1.54, 1.807) is 0 Å². The predicted octanol–water partition coefficient (Wildman–Crippen LogP) is 5.78. The SMILES string of the molecule is CCC(CC)(CNC(C)c1sc2ccccc2c1C)SC. The second-order valence-corrected chi connectivity index (χ2v) is 8.14. The van der Waals surface area contributed by atoms with Crippen molar-refractivity contribution in [2.75, 3.05) is 12.8 Å². The number of aryl methyl sites for hydroxylation is 1. The largest absolute Gasteiger partial charge is 0.308 e. The molecular formula is C18H27NS2. The van der Waals surface area contributed by atoms with Crippen molar-refractivity contribution in [2.45, 2.75) is 51.3 Å². The number of fused-ring (bicyclic) bond motifs is 1. The van der Waals surface area contributed by atoms with Gasteiger partial charge < -0.3 is 5.32 Å². The summed E-state index contributed by atoms with van der Waals surface area (Å²) >= 11 is 3.94. The van der Waals surface area contributed by atoms with Crippen LogP contribution in [0, 0.1) is 6.92 Å². The Morgan fingerprint density at radius 1 is 1.24 bits per heavy atom. The number of hydrogen-bond donors (Lipinski definition) is 1. The second-order valence-electron chi connectivity index (χ2n) is 5.78. The van der Waals surface area contributed by atoms with Gasteiger partial charge in [-0.3, -0.25) is 0 Å². The molecule has 21 heavy (non-hydrogen) atoms. The summed E-state index contributed by atoms with van der Waals surface area (Å²) in [6.07, 6.45) is 4.68. The van der Waals surface area contributed by atoms with Gasteiger partial charge in [0, 0.05) is 26.9 Å². The molecule has 0 saturated carbocycles.